The third kappa shape index (κ3) is 4.24. The molecule has 0 amide bonds. The van der Waals surface area contributed by atoms with E-state index in [0.717, 1.165) is 71.9 Å². The van der Waals surface area contributed by atoms with Crippen LogP contribution in [-0.4, -0.2) is 27.4 Å². The van der Waals surface area contributed by atoms with Gasteiger partial charge >= 0.3 is 6.21 Å². The fourth-order valence-corrected chi connectivity index (χ4v) is 6.42. The number of hydrogen-bond donors (Lipinski definition) is 0. The Morgan fingerprint density at radius 3 is 1.84 bits per heavy atom. The van der Waals surface area contributed by atoms with Crippen LogP contribution in [0.1, 0.15) is 5.69 Å². The van der Waals surface area contributed by atoms with Crippen molar-refractivity contribution in [3.8, 4) is 33.6 Å². The minimum Gasteiger partial charge on any atom is -0.247 e. The zero-order valence-corrected chi connectivity index (χ0v) is 24.2. The molecule has 0 aliphatic carbocycles. The maximum absolute atomic E-state index is 5.24. The molecule has 0 bridgehead atoms. The SMILES string of the molecule is C1=[N+]=CC(c2nc3cc(-c4ccc5ccc6ccc(-c7ccccc7)nc6c5n4)ccc3c3c(-c4ccccc4)cccc23)=C1. The Morgan fingerprint density at radius 2 is 1.16 bits per heavy atom. The molecule has 5 aromatic carbocycles. The van der Waals surface area contributed by atoms with Crippen LogP contribution in [0.25, 0.3) is 82.7 Å². The Balaban J connectivity index is 1.26. The van der Waals surface area contributed by atoms with E-state index in [1.54, 1.807) is 0 Å². The third-order valence-corrected chi connectivity index (χ3v) is 8.62. The van der Waals surface area contributed by atoms with Gasteiger partial charge in [-0.25, -0.2) is 15.0 Å². The Kier molecular flexibility index (Phi) is 5.73. The molecule has 4 heteroatoms. The van der Waals surface area contributed by atoms with Gasteiger partial charge in [-0.15, -0.1) is 4.67 Å². The first-order chi connectivity index (χ1) is 22.3. The number of hydrogen-bond acceptors (Lipinski definition) is 3. The molecule has 0 spiro atoms. The summed E-state index contributed by atoms with van der Waals surface area (Å²) in [5.74, 6) is 0. The molecule has 0 fully saturated rings. The van der Waals surface area contributed by atoms with Crippen molar-refractivity contribution in [2.75, 3.05) is 0 Å². The highest BCUT2D eigenvalue weighted by molar-refractivity contribution is 6.24. The van der Waals surface area contributed by atoms with Crippen LogP contribution < -0.4 is 4.67 Å². The van der Waals surface area contributed by atoms with E-state index >= 15 is 0 Å². The summed E-state index contributed by atoms with van der Waals surface area (Å²) in [7, 11) is 0. The first-order valence-corrected chi connectivity index (χ1v) is 15.1. The van der Waals surface area contributed by atoms with Gasteiger partial charge in [0.1, 0.15) is 0 Å². The normalized spacial score (nSPS) is 12.5. The molecular weight excluding hydrogens is 548 g/mol. The molecule has 0 N–H and O–H groups in total. The summed E-state index contributed by atoms with van der Waals surface area (Å²) in [5.41, 5.74) is 10.9. The molecule has 0 unspecified atom stereocenters. The van der Waals surface area contributed by atoms with Crippen molar-refractivity contribution in [3.05, 3.63) is 145 Å². The van der Waals surface area contributed by atoms with Crippen LogP contribution in [0.5, 0.6) is 0 Å². The fraction of sp³-hybridized carbons (Fsp3) is 0. The Bertz CT molecular complexity index is 2560. The van der Waals surface area contributed by atoms with E-state index in [2.05, 4.69) is 120 Å². The summed E-state index contributed by atoms with van der Waals surface area (Å²) >= 11 is 0. The maximum atomic E-state index is 5.24. The van der Waals surface area contributed by atoms with E-state index in [0.29, 0.717) is 0 Å². The van der Waals surface area contributed by atoms with Gasteiger partial charge in [0.15, 0.2) is 0 Å². The summed E-state index contributed by atoms with van der Waals surface area (Å²) in [6.45, 7) is 0. The molecule has 1 aliphatic rings. The number of rotatable bonds is 4. The maximum Gasteiger partial charge on any atom is 0.302 e. The van der Waals surface area contributed by atoms with Crippen molar-refractivity contribution in [3.63, 3.8) is 0 Å². The molecule has 1 aliphatic heterocycles. The predicted octanol–water partition coefficient (Wildman–Crippen LogP) is 9.09. The van der Waals surface area contributed by atoms with Crippen LogP contribution >= 0.6 is 0 Å². The second-order valence-electron chi connectivity index (χ2n) is 11.3. The van der Waals surface area contributed by atoms with Gasteiger partial charge in [0.2, 0.25) is 0 Å². The van der Waals surface area contributed by atoms with Crippen LogP contribution in [0.3, 0.4) is 0 Å². The molecule has 208 valence electrons. The van der Waals surface area contributed by atoms with Gasteiger partial charge in [-0.3, -0.25) is 0 Å². The molecule has 0 atom stereocenters. The first kappa shape index (κ1) is 25.3. The zero-order valence-electron chi connectivity index (χ0n) is 24.2. The second kappa shape index (κ2) is 10.2. The summed E-state index contributed by atoms with van der Waals surface area (Å²) in [5, 5.41) is 5.54. The average Bonchev–Trinajstić information content (AvgIpc) is 3.66. The molecule has 9 rings (SSSR count). The van der Waals surface area contributed by atoms with Crippen LogP contribution in [0.2, 0.25) is 0 Å². The van der Waals surface area contributed by atoms with Crippen molar-refractivity contribution < 1.29 is 0 Å². The van der Waals surface area contributed by atoms with Gasteiger partial charge in [-0.2, -0.15) is 0 Å². The quantitative estimate of drug-likeness (QED) is 0.156. The molecule has 45 heavy (non-hydrogen) atoms. The number of fused-ring (bicyclic) bond motifs is 6. The summed E-state index contributed by atoms with van der Waals surface area (Å²) < 4.78 is 4.35. The molecular formula is C41H25N4+. The van der Waals surface area contributed by atoms with Crippen molar-refractivity contribution >= 4 is 61.5 Å². The number of nitrogens with zero attached hydrogens (tertiary/aromatic N) is 4. The molecule has 8 aromatic rings. The van der Waals surface area contributed by atoms with Crippen LogP contribution in [-0.2, 0) is 0 Å². The molecule has 4 nitrogen and oxygen atoms in total. The third-order valence-electron chi connectivity index (χ3n) is 8.62. The van der Waals surface area contributed by atoms with E-state index in [9.17, 15) is 0 Å². The van der Waals surface area contributed by atoms with Crippen molar-refractivity contribution in [2.45, 2.75) is 0 Å². The van der Waals surface area contributed by atoms with Crippen LogP contribution in [0.4, 0.5) is 0 Å². The molecule has 4 heterocycles. The molecule has 3 aromatic heterocycles. The van der Waals surface area contributed by atoms with Gasteiger partial charge in [0.25, 0.3) is 6.21 Å². The van der Waals surface area contributed by atoms with Crippen molar-refractivity contribution in [1.29, 1.82) is 0 Å². The Labute approximate surface area is 259 Å². The fourth-order valence-electron chi connectivity index (χ4n) is 6.42. The minimum atomic E-state index is 0.888. The number of allylic oxidation sites excluding steroid dienone is 2. The lowest BCUT2D eigenvalue weighted by Gasteiger charge is -2.14. The summed E-state index contributed by atoms with van der Waals surface area (Å²) in [6.07, 6.45) is 5.74. The van der Waals surface area contributed by atoms with Crippen molar-refractivity contribution in [2.24, 2.45) is 0 Å². The lowest BCUT2D eigenvalue weighted by atomic mass is 9.92. The Morgan fingerprint density at radius 1 is 0.489 bits per heavy atom. The monoisotopic (exact) mass is 573 g/mol. The number of pyridine rings is 3. The van der Waals surface area contributed by atoms with Gasteiger partial charge < -0.3 is 0 Å². The largest absolute Gasteiger partial charge is 0.302 e. The van der Waals surface area contributed by atoms with Crippen LogP contribution in [0.15, 0.2) is 140 Å². The van der Waals surface area contributed by atoms with E-state index in [-0.39, 0.29) is 0 Å². The lowest BCUT2D eigenvalue weighted by molar-refractivity contribution is 1.36. The van der Waals surface area contributed by atoms with Gasteiger partial charge in [0.05, 0.1) is 39.2 Å². The molecule has 0 radical (unpaired) electrons. The Hall–Kier alpha value is -6.22. The average molecular weight is 574 g/mol. The van der Waals surface area contributed by atoms with Gasteiger partial charge in [-0.05, 0) is 29.3 Å². The summed E-state index contributed by atoms with van der Waals surface area (Å²) in [4.78, 5) is 15.5. The zero-order chi connectivity index (χ0) is 29.7. The standard InChI is InChI=1S/C41H25N4/c1-3-8-26(9-4-1)32-12-7-13-34-38(32)33-19-16-30(24-37(33)45-39(34)31-22-23-42-25-31)36-21-18-29-15-14-28-17-20-35(27-10-5-2-6-11-27)43-40(28)41(29)44-36/h1-25H/q+1. The van der Waals surface area contributed by atoms with Gasteiger partial charge in [0, 0.05) is 44.1 Å². The number of aromatic nitrogens is 3. The van der Waals surface area contributed by atoms with E-state index in [4.69, 9.17) is 15.0 Å². The predicted molar refractivity (Wildman–Crippen MR) is 188 cm³/mol. The van der Waals surface area contributed by atoms with Crippen LogP contribution in [0, 0.1) is 0 Å². The van der Waals surface area contributed by atoms with E-state index < -0.39 is 0 Å². The summed E-state index contributed by atoms with van der Waals surface area (Å²) in [6, 6.07) is 46.5. The molecule has 0 saturated carbocycles. The first-order valence-electron chi connectivity index (χ1n) is 15.1. The topological polar surface area (TPSA) is 52.8 Å². The highest BCUT2D eigenvalue weighted by Crippen LogP contribution is 2.38. The number of benzene rings is 5. The van der Waals surface area contributed by atoms with Crippen molar-refractivity contribution in [1.82, 2.24) is 19.6 Å². The highest BCUT2D eigenvalue weighted by atomic mass is 14.8. The highest BCUT2D eigenvalue weighted by Gasteiger charge is 2.19. The van der Waals surface area contributed by atoms with E-state index in [1.165, 1.54) is 16.5 Å². The minimum absolute atomic E-state index is 0.888. The second-order valence-corrected chi connectivity index (χ2v) is 11.3. The molecule has 0 saturated heterocycles. The lowest BCUT2D eigenvalue weighted by Crippen LogP contribution is -1.96. The smallest absolute Gasteiger partial charge is 0.247 e. The van der Waals surface area contributed by atoms with Gasteiger partial charge in [-0.1, -0.05) is 115 Å². The van der Waals surface area contributed by atoms with E-state index in [1.807, 2.05) is 36.7 Å².